The second-order valence-corrected chi connectivity index (χ2v) is 9.49. The number of aryl methyl sites for hydroxylation is 1. The summed E-state index contributed by atoms with van der Waals surface area (Å²) in [5.74, 6) is -0.432. The molecule has 0 radical (unpaired) electrons. The van der Waals surface area contributed by atoms with E-state index in [-0.39, 0.29) is 42.2 Å². The van der Waals surface area contributed by atoms with E-state index in [0.29, 0.717) is 19.6 Å². The molecule has 1 aliphatic carbocycles. The van der Waals surface area contributed by atoms with Crippen molar-refractivity contribution in [3.8, 4) is 0 Å². The van der Waals surface area contributed by atoms with Crippen LogP contribution in [0.3, 0.4) is 0 Å². The maximum absolute atomic E-state index is 12.9. The van der Waals surface area contributed by atoms with Crippen molar-refractivity contribution < 1.29 is 22.7 Å². The number of amides is 1. The zero-order valence-corrected chi connectivity index (χ0v) is 19.0. The molecular formula is C23H29N3O5S. The van der Waals surface area contributed by atoms with Gasteiger partial charge in [-0.25, -0.2) is 13.1 Å². The first-order valence-corrected chi connectivity index (χ1v) is 12.3. The molecule has 0 spiro atoms. The highest BCUT2D eigenvalue weighted by Gasteiger charge is 2.27. The number of rotatable bonds is 12. The van der Waals surface area contributed by atoms with Crippen LogP contribution in [0.1, 0.15) is 43.7 Å². The molecule has 2 aromatic rings. The van der Waals surface area contributed by atoms with Crippen LogP contribution < -0.4 is 4.72 Å². The number of carbonyl (C=O) groups excluding carboxylic acids is 2. The fourth-order valence-electron chi connectivity index (χ4n) is 3.20. The summed E-state index contributed by atoms with van der Waals surface area (Å²) >= 11 is 0. The molecule has 9 heteroatoms. The van der Waals surface area contributed by atoms with Crippen molar-refractivity contribution in [3.05, 3.63) is 59.9 Å². The van der Waals surface area contributed by atoms with Crippen LogP contribution in [0.5, 0.6) is 0 Å². The smallest absolute Gasteiger partial charge is 0.307 e. The number of aromatic nitrogens is 1. The van der Waals surface area contributed by atoms with Gasteiger partial charge < -0.3 is 9.64 Å². The Bertz CT molecular complexity index is 1010. The van der Waals surface area contributed by atoms with Gasteiger partial charge in [0.1, 0.15) is 0 Å². The third-order valence-electron chi connectivity index (χ3n) is 5.10. The number of pyridine rings is 1. The zero-order valence-electron chi connectivity index (χ0n) is 18.2. The number of carbonyl (C=O) groups is 2. The third-order valence-corrected chi connectivity index (χ3v) is 6.64. The summed E-state index contributed by atoms with van der Waals surface area (Å²) in [7, 11) is -3.49. The standard InChI is InChI=1S/C23H29N3O5S/c1-2-31-23(28)13-15-26(17-19-4-3-14-24-16-19)22(27)12-7-18-5-10-21(11-6-18)32(29,30)25-20-8-9-20/h3-6,10-11,14,16,20,25H,2,7-9,12-13,15,17H2,1H3. The normalized spacial score (nSPS) is 13.5. The summed E-state index contributed by atoms with van der Waals surface area (Å²) < 4.78 is 32.2. The second-order valence-electron chi connectivity index (χ2n) is 7.77. The van der Waals surface area contributed by atoms with Crippen LogP contribution >= 0.6 is 0 Å². The lowest BCUT2D eigenvalue weighted by Gasteiger charge is -2.22. The second kappa shape index (κ2) is 11.2. The van der Waals surface area contributed by atoms with E-state index in [2.05, 4.69) is 9.71 Å². The number of hydrogen-bond acceptors (Lipinski definition) is 6. The minimum absolute atomic E-state index is 0.0534. The Hall–Kier alpha value is -2.78. The van der Waals surface area contributed by atoms with E-state index in [4.69, 9.17) is 4.74 Å². The van der Waals surface area contributed by atoms with Crippen molar-refractivity contribution in [2.75, 3.05) is 13.2 Å². The number of sulfonamides is 1. The predicted molar refractivity (Wildman–Crippen MR) is 119 cm³/mol. The summed E-state index contributed by atoms with van der Waals surface area (Å²) in [6.07, 6.45) is 5.96. The Morgan fingerprint density at radius 3 is 2.50 bits per heavy atom. The van der Waals surface area contributed by atoms with Crippen LogP contribution in [0.25, 0.3) is 0 Å². The van der Waals surface area contributed by atoms with E-state index in [0.717, 1.165) is 24.0 Å². The number of hydrogen-bond donors (Lipinski definition) is 1. The molecule has 0 saturated heterocycles. The van der Waals surface area contributed by atoms with Gasteiger partial charge in [0.2, 0.25) is 15.9 Å². The maximum atomic E-state index is 12.9. The van der Waals surface area contributed by atoms with Gasteiger partial charge in [-0.15, -0.1) is 0 Å². The Labute approximate surface area is 189 Å². The van der Waals surface area contributed by atoms with Gasteiger partial charge in [-0.3, -0.25) is 14.6 Å². The molecule has 8 nitrogen and oxygen atoms in total. The van der Waals surface area contributed by atoms with Gasteiger partial charge in [0.05, 0.1) is 17.9 Å². The summed E-state index contributed by atoms with van der Waals surface area (Å²) in [5, 5.41) is 0. The maximum Gasteiger partial charge on any atom is 0.307 e. The lowest BCUT2D eigenvalue weighted by atomic mass is 10.1. The molecule has 0 aliphatic heterocycles. The zero-order chi connectivity index (χ0) is 23.0. The first kappa shape index (κ1) is 23.9. The van der Waals surface area contributed by atoms with E-state index in [9.17, 15) is 18.0 Å². The lowest BCUT2D eigenvalue weighted by molar-refractivity contribution is -0.144. The van der Waals surface area contributed by atoms with E-state index < -0.39 is 10.0 Å². The molecule has 1 amide bonds. The van der Waals surface area contributed by atoms with Crippen molar-refractivity contribution in [1.82, 2.24) is 14.6 Å². The molecular weight excluding hydrogens is 430 g/mol. The largest absolute Gasteiger partial charge is 0.466 e. The number of nitrogens with zero attached hydrogens (tertiary/aromatic N) is 2. The van der Waals surface area contributed by atoms with Crippen molar-refractivity contribution in [2.24, 2.45) is 0 Å². The average molecular weight is 460 g/mol. The van der Waals surface area contributed by atoms with Crippen LogP contribution in [-0.4, -0.2) is 49.4 Å². The van der Waals surface area contributed by atoms with Gasteiger partial charge in [-0.2, -0.15) is 0 Å². The van der Waals surface area contributed by atoms with Gasteiger partial charge in [-0.05, 0) is 55.5 Å². The Balaban J connectivity index is 1.58. The van der Waals surface area contributed by atoms with Crippen LogP contribution in [0, 0.1) is 0 Å². The monoisotopic (exact) mass is 459 g/mol. The SMILES string of the molecule is CCOC(=O)CCN(Cc1cccnc1)C(=O)CCc1ccc(S(=O)(=O)NC2CC2)cc1. The molecule has 32 heavy (non-hydrogen) atoms. The highest BCUT2D eigenvalue weighted by atomic mass is 32.2. The van der Waals surface area contributed by atoms with E-state index in [1.165, 1.54) is 0 Å². The summed E-state index contributed by atoms with van der Waals surface area (Å²) in [4.78, 5) is 30.6. The number of benzene rings is 1. The van der Waals surface area contributed by atoms with E-state index in [1.807, 2.05) is 6.07 Å². The molecule has 172 valence electrons. The highest BCUT2D eigenvalue weighted by Crippen LogP contribution is 2.22. The molecule has 1 N–H and O–H groups in total. The van der Waals surface area contributed by atoms with Crippen LogP contribution in [0.2, 0.25) is 0 Å². The first-order chi connectivity index (χ1) is 15.4. The van der Waals surface area contributed by atoms with E-state index in [1.54, 1.807) is 54.5 Å². The lowest BCUT2D eigenvalue weighted by Crippen LogP contribution is -2.33. The molecule has 1 aromatic carbocycles. The molecule has 3 rings (SSSR count). The minimum Gasteiger partial charge on any atom is -0.466 e. The van der Waals surface area contributed by atoms with Crippen molar-refractivity contribution in [2.45, 2.75) is 56.5 Å². The van der Waals surface area contributed by atoms with Gasteiger partial charge in [0, 0.05) is 37.9 Å². The van der Waals surface area contributed by atoms with Crippen molar-refractivity contribution in [1.29, 1.82) is 0 Å². The predicted octanol–water partition coefficient (Wildman–Crippen LogP) is 2.44. The van der Waals surface area contributed by atoms with Gasteiger partial charge in [0.25, 0.3) is 0 Å². The first-order valence-electron chi connectivity index (χ1n) is 10.8. The molecule has 1 fully saturated rings. The van der Waals surface area contributed by atoms with Gasteiger partial charge in [-0.1, -0.05) is 18.2 Å². The topological polar surface area (TPSA) is 106 Å². The number of nitrogens with one attached hydrogen (secondary N) is 1. The van der Waals surface area contributed by atoms with Gasteiger partial charge in [0.15, 0.2) is 0 Å². The summed E-state index contributed by atoms with van der Waals surface area (Å²) in [6.45, 7) is 2.67. The fourth-order valence-corrected chi connectivity index (χ4v) is 4.50. The quantitative estimate of drug-likeness (QED) is 0.489. The summed E-state index contributed by atoms with van der Waals surface area (Å²) in [5.41, 5.74) is 1.75. The molecule has 0 unspecified atom stereocenters. The molecule has 1 heterocycles. The Kier molecular flexibility index (Phi) is 8.35. The molecule has 1 aliphatic rings. The van der Waals surface area contributed by atoms with E-state index >= 15 is 0 Å². The number of esters is 1. The average Bonchev–Trinajstić information content (AvgIpc) is 3.59. The molecule has 1 saturated carbocycles. The molecule has 0 bridgehead atoms. The van der Waals surface area contributed by atoms with Crippen LogP contribution in [0.4, 0.5) is 0 Å². The third kappa shape index (κ3) is 7.42. The Morgan fingerprint density at radius 2 is 1.88 bits per heavy atom. The number of ether oxygens (including phenoxy) is 1. The molecule has 0 atom stereocenters. The van der Waals surface area contributed by atoms with Crippen molar-refractivity contribution >= 4 is 21.9 Å². The van der Waals surface area contributed by atoms with Gasteiger partial charge >= 0.3 is 5.97 Å². The summed E-state index contributed by atoms with van der Waals surface area (Å²) in [6, 6.07) is 10.3. The van der Waals surface area contributed by atoms with Crippen molar-refractivity contribution in [3.63, 3.8) is 0 Å². The minimum atomic E-state index is -3.49. The molecule has 1 aromatic heterocycles. The highest BCUT2D eigenvalue weighted by molar-refractivity contribution is 7.89. The van der Waals surface area contributed by atoms with Crippen LogP contribution in [-0.2, 0) is 37.3 Å². The van der Waals surface area contributed by atoms with Crippen LogP contribution in [0.15, 0.2) is 53.7 Å². The fraction of sp³-hybridized carbons (Fsp3) is 0.435. The Morgan fingerprint density at radius 1 is 1.12 bits per heavy atom.